The van der Waals surface area contributed by atoms with Crippen LogP contribution >= 0.6 is 22.9 Å². The molecule has 168 valence electrons. The smallest absolute Gasteiger partial charge is 0.338 e. The first kappa shape index (κ1) is 23.5. The van der Waals surface area contributed by atoms with Gasteiger partial charge in [0.25, 0.3) is 15.9 Å². The molecule has 0 spiro atoms. The largest absolute Gasteiger partial charge is 0.481 e. The quantitative estimate of drug-likeness (QED) is 0.583. The molecule has 0 N–H and O–H groups in total. The lowest BCUT2D eigenvalue weighted by atomic mass is 10.2. The summed E-state index contributed by atoms with van der Waals surface area (Å²) in [7, 11) is -2.51. The third kappa shape index (κ3) is 5.20. The van der Waals surface area contributed by atoms with Gasteiger partial charge in [0.15, 0.2) is 6.10 Å². The highest BCUT2D eigenvalue weighted by molar-refractivity contribution is 7.91. The fourth-order valence-electron chi connectivity index (χ4n) is 3.20. The van der Waals surface area contributed by atoms with Gasteiger partial charge in [0.1, 0.15) is 9.96 Å². The zero-order valence-corrected chi connectivity index (χ0v) is 19.7. The number of thiophene rings is 1. The number of piperazine rings is 1. The van der Waals surface area contributed by atoms with Crippen LogP contribution < -0.4 is 4.74 Å². The van der Waals surface area contributed by atoms with E-state index in [1.165, 1.54) is 22.9 Å². The molecule has 0 radical (unpaired) electrons. The Hall–Kier alpha value is -2.14. The summed E-state index contributed by atoms with van der Waals surface area (Å²) in [6.45, 7) is 4.33. The molecule has 11 heteroatoms. The van der Waals surface area contributed by atoms with Crippen molar-refractivity contribution in [2.24, 2.45) is 0 Å². The molecule has 1 aliphatic heterocycles. The van der Waals surface area contributed by atoms with Crippen LogP contribution in [0.15, 0.2) is 33.9 Å². The summed E-state index contributed by atoms with van der Waals surface area (Å²) in [6, 6.07) is 6.48. The average Bonchev–Trinajstić information content (AvgIpc) is 3.26. The maximum Gasteiger partial charge on any atom is 0.338 e. The molecule has 31 heavy (non-hydrogen) atoms. The second-order valence-corrected chi connectivity index (χ2v) is 10.6. The average molecular weight is 487 g/mol. The van der Waals surface area contributed by atoms with E-state index < -0.39 is 22.1 Å². The van der Waals surface area contributed by atoms with Crippen molar-refractivity contribution < 1.29 is 27.5 Å². The van der Waals surface area contributed by atoms with Crippen LogP contribution in [0.5, 0.6) is 5.75 Å². The number of esters is 1. The number of nitrogens with zero attached hydrogens (tertiary/aromatic N) is 2. The number of halogens is 1. The van der Waals surface area contributed by atoms with Gasteiger partial charge in [-0.1, -0.05) is 11.6 Å². The van der Waals surface area contributed by atoms with E-state index in [0.29, 0.717) is 10.8 Å². The molecule has 0 aliphatic carbocycles. The Balaban J connectivity index is 1.61. The Morgan fingerprint density at radius 2 is 1.84 bits per heavy atom. The third-order valence-electron chi connectivity index (χ3n) is 4.93. The zero-order valence-electron chi connectivity index (χ0n) is 17.3. The summed E-state index contributed by atoms with van der Waals surface area (Å²) in [5, 5.41) is 2.04. The molecule has 2 aromatic rings. The normalized spacial score (nSPS) is 16.1. The minimum atomic E-state index is -3.75. The molecule has 0 saturated carbocycles. The van der Waals surface area contributed by atoms with E-state index in [-0.39, 0.29) is 41.9 Å². The van der Waals surface area contributed by atoms with E-state index in [1.54, 1.807) is 30.0 Å². The van der Waals surface area contributed by atoms with Crippen LogP contribution in [0, 0.1) is 6.92 Å². The van der Waals surface area contributed by atoms with E-state index in [2.05, 4.69) is 4.74 Å². The Labute approximate surface area is 190 Å². The van der Waals surface area contributed by atoms with Crippen molar-refractivity contribution in [3.05, 3.63) is 45.8 Å². The summed E-state index contributed by atoms with van der Waals surface area (Å²) in [4.78, 5) is 26.0. The predicted molar refractivity (Wildman–Crippen MR) is 117 cm³/mol. The number of sulfonamides is 1. The fourth-order valence-corrected chi connectivity index (χ4v) is 6.15. The van der Waals surface area contributed by atoms with Crippen LogP contribution in [0.3, 0.4) is 0 Å². The number of hydrogen-bond donors (Lipinski definition) is 0. The van der Waals surface area contributed by atoms with Gasteiger partial charge in [-0.2, -0.15) is 4.31 Å². The van der Waals surface area contributed by atoms with Crippen molar-refractivity contribution in [1.82, 2.24) is 9.21 Å². The highest BCUT2D eigenvalue weighted by atomic mass is 35.5. The van der Waals surface area contributed by atoms with Crippen molar-refractivity contribution in [2.45, 2.75) is 24.2 Å². The van der Waals surface area contributed by atoms with Gasteiger partial charge in [-0.05, 0) is 43.7 Å². The van der Waals surface area contributed by atoms with Crippen molar-refractivity contribution >= 4 is 44.8 Å². The number of amides is 1. The molecule has 3 rings (SSSR count). The van der Waals surface area contributed by atoms with Crippen molar-refractivity contribution in [2.75, 3.05) is 33.3 Å². The van der Waals surface area contributed by atoms with Crippen LogP contribution in [0.25, 0.3) is 0 Å². The monoisotopic (exact) mass is 486 g/mol. The lowest BCUT2D eigenvalue weighted by Gasteiger charge is -2.35. The van der Waals surface area contributed by atoms with Gasteiger partial charge in [-0.25, -0.2) is 13.2 Å². The second-order valence-electron chi connectivity index (χ2n) is 7.05. The molecule has 8 nitrogen and oxygen atoms in total. The predicted octanol–water partition coefficient (Wildman–Crippen LogP) is 2.80. The number of rotatable bonds is 6. The Kier molecular flexibility index (Phi) is 7.25. The maximum absolute atomic E-state index is 12.9. The lowest BCUT2D eigenvalue weighted by molar-refractivity contribution is -0.139. The van der Waals surface area contributed by atoms with Gasteiger partial charge in [-0.3, -0.25) is 4.79 Å². The minimum absolute atomic E-state index is 0.0718. The zero-order chi connectivity index (χ0) is 22.8. The second kappa shape index (κ2) is 9.56. The molecule has 1 amide bonds. The van der Waals surface area contributed by atoms with Crippen molar-refractivity contribution in [1.29, 1.82) is 0 Å². The van der Waals surface area contributed by atoms with E-state index in [4.69, 9.17) is 16.3 Å². The first-order valence-electron chi connectivity index (χ1n) is 9.52. The van der Waals surface area contributed by atoms with Gasteiger partial charge < -0.3 is 14.4 Å². The summed E-state index contributed by atoms with van der Waals surface area (Å²) >= 11 is 6.92. The number of carbonyl (C=O) groups excluding carboxylic acids is 2. The topological polar surface area (TPSA) is 93.2 Å². The Bertz CT molecular complexity index is 1080. The van der Waals surface area contributed by atoms with Crippen molar-refractivity contribution in [3.63, 3.8) is 0 Å². The van der Waals surface area contributed by atoms with Crippen LogP contribution in [-0.4, -0.2) is 68.9 Å². The molecule has 1 unspecified atom stereocenters. The number of aryl methyl sites for hydroxylation is 1. The molecule has 1 aromatic heterocycles. The molecule has 1 aromatic carbocycles. The molecule has 1 saturated heterocycles. The Morgan fingerprint density at radius 3 is 2.45 bits per heavy atom. The van der Waals surface area contributed by atoms with Crippen LogP contribution in [-0.2, 0) is 19.6 Å². The van der Waals surface area contributed by atoms with Gasteiger partial charge in [0.05, 0.1) is 12.7 Å². The molecular weight excluding hydrogens is 464 g/mol. The van der Waals surface area contributed by atoms with E-state index in [0.717, 1.165) is 16.9 Å². The van der Waals surface area contributed by atoms with Gasteiger partial charge >= 0.3 is 5.97 Å². The van der Waals surface area contributed by atoms with E-state index in [9.17, 15) is 18.0 Å². The Morgan fingerprint density at radius 1 is 1.16 bits per heavy atom. The summed E-state index contributed by atoms with van der Waals surface area (Å²) < 4.78 is 37.6. The standard InChI is InChI=1S/C20H23ClN2O6S2/c1-13-10-16(21)4-5-17(13)29-14(2)19(24)22-6-8-23(9-7-22)31(26,27)18-11-15(12-30-18)20(25)28-3/h4-5,10-12,14H,6-9H2,1-3H3. The van der Waals surface area contributed by atoms with Crippen molar-refractivity contribution in [3.8, 4) is 5.75 Å². The lowest BCUT2D eigenvalue weighted by Crippen LogP contribution is -2.53. The molecule has 0 bridgehead atoms. The summed E-state index contributed by atoms with van der Waals surface area (Å²) in [5.74, 6) is -0.223. The van der Waals surface area contributed by atoms with Crippen LogP contribution in [0.1, 0.15) is 22.8 Å². The van der Waals surface area contributed by atoms with E-state index >= 15 is 0 Å². The molecule has 1 aliphatic rings. The van der Waals surface area contributed by atoms with E-state index in [1.807, 2.05) is 6.92 Å². The molecule has 1 fully saturated rings. The van der Waals surface area contributed by atoms with Gasteiger partial charge in [0, 0.05) is 36.6 Å². The fraction of sp³-hybridized carbons (Fsp3) is 0.400. The van der Waals surface area contributed by atoms with Crippen LogP contribution in [0.2, 0.25) is 5.02 Å². The highest BCUT2D eigenvalue weighted by Crippen LogP contribution is 2.26. The highest BCUT2D eigenvalue weighted by Gasteiger charge is 2.33. The number of hydrogen-bond acceptors (Lipinski definition) is 7. The molecule has 2 heterocycles. The number of carbonyl (C=O) groups is 2. The van der Waals surface area contributed by atoms with Gasteiger partial charge in [0.2, 0.25) is 0 Å². The number of methoxy groups -OCH3 is 1. The third-order valence-corrected chi connectivity index (χ3v) is 8.48. The SMILES string of the molecule is COC(=O)c1csc(S(=O)(=O)N2CCN(C(=O)C(C)Oc3ccc(Cl)cc3C)CC2)c1. The van der Waals surface area contributed by atoms with Crippen LogP contribution in [0.4, 0.5) is 0 Å². The first-order chi connectivity index (χ1) is 14.6. The minimum Gasteiger partial charge on any atom is -0.481 e. The number of benzene rings is 1. The number of ether oxygens (including phenoxy) is 2. The molecular formula is C20H23ClN2O6S2. The molecule has 1 atom stereocenters. The summed E-state index contributed by atoms with van der Waals surface area (Å²) in [5.41, 5.74) is 1.02. The van der Waals surface area contributed by atoms with Gasteiger partial charge in [-0.15, -0.1) is 11.3 Å². The maximum atomic E-state index is 12.9. The first-order valence-corrected chi connectivity index (χ1v) is 12.2. The summed E-state index contributed by atoms with van der Waals surface area (Å²) in [6.07, 6.45) is -0.719.